The molecule has 0 spiro atoms. The van der Waals surface area contributed by atoms with Gasteiger partial charge in [0.25, 0.3) is 0 Å². The Hall–Kier alpha value is -0.850. The van der Waals surface area contributed by atoms with Crippen molar-refractivity contribution in [2.75, 3.05) is 0 Å². The normalized spacial score (nSPS) is 9.46. The molecule has 0 aliphatic rings. The molecule has 1 heteroatoms. The fourth-order valence-electron chi connectivity index (χ4n) is 1.33. The molecular weight excluding hydrogens is 158 g/mol. The Morgan fingerprint density at radius 2 is 1.69 bits per heavy atom. The van der Waals surface area contributed by atoms with Crippen LogP contribution in [-0.2, 0) is 0 Å². The number of hydrogen-bond acceptors (Lipinski definition) is 1. The third-order valence-corrected chi connectivity index (χ3v) is 1.80. The van der Waals surface area contributed by atoms with Crippen molar-refractivity contribution in [1.82, 2.24) is 4.98 Å². The second-order valence-corrected chi connectivity index (χ2v) is 3.37. The first-order valence-corrected chi connectivity index (χ1v) is 5.04. The third kappa shape index (κ3) is 3.58. The molecule has 0 N–H and O–H groups in total. The van der Waals surface area contributed by atoms with Crippen LogP contribution in [0.2, 0.25) is 0 Å². The van der Waals surface area contributed by atoms with Crippen molar-refractivity contribution in [3.05, 3.63) is 29.1 Å². The molecule has 0 fully saturated rings. The van der Waals surface area contributed by atoms with Crippen LogP contribution >= 0.6 is 0 Å². The molecule has 0 unspecified atom stereocenters. The van der Waals surface area contributed by atoms with Crippen LogP contribution in [0.25, 0.3) is 0 Å². The summed E-state index contributed by atoms with van der Waals surface area (Å²) in [7, 11) is 0. The first-order valence-electron chi connectivity index (χ1n) is 5.04. The minimum absolute atomic E-state index is 0.538. The Morgan fingerprint density at radius 3 is 2.08 bits per heavy atom. The lowest BCUT2D eigenvalue weighted by molar-refractivity contribution is 0.809. The molecule has 0 saturated heterocycles. The predicted molar refractivity (Wildman–Crippen MR) is 59.1 cm³/mol. The van der Waals surface area contributed by atoms with E-state index in [2.05, 4.69) is 38.7 Å². The maximum atomic E-state index is 4.38. The molecule has 0 amide bonds. The van der Waals surface area contributed by atoms with Crippen molar-refractivity contribution in [3.63, 3.8) is 0 Å². The number of aromatic nitrogens is 1. The maximum Gasteiger partial charge on any atom is 0.0458 e. The Bertz CT molecular complexity index is 251. The summed E-state index contributed by atoms with van der Waals surface area (Å²) in [6, 6.07) is 2.18. The molecule has 1 rings (SSSR count). The van der Waals surface area contributed by atoms with Crippen molar-refractivity contribution in [3.8, 4) is 0 Å². The van der Waals surface area contributed by atoms with Crippen LogP contribution in [0.3, 0.4) is 0 Å². The fraction of sp³-hybridized carbons (Fsp3) is 0.583. The lowest BCUT2D eigenvalue weighted by Gasteiger charge is -2.07. The number of hydrogen-bond donors (Lipinski definition) is 0. The molecule has 0 aromatic carbocycles. The molecule has 1 heterocycles. The topological polar surface area (TPSA) is 12.9 Å². The molecule has 0 atom stereocenters. The van der Waals surface area contributed by atoms with Gasteiger partial charge in [0, 0.05) is 11.9 Å². The highest BCUT2D eigenvalue weighted by atomic mass is 14.7. The lowest BCUT2D eigenvalue weighted by atomic mass is 10.0. The van der Waals surface area contributed by atoms with E-state index in [-0.39, 0.29) is 0 Å². The van der Waals surface area contributed by atoms with Gasteiger partial charge >= 0.3 is 0 Å². The smallest absolute Gasteiger partial charge is 0.0458 e. The van der Waals surface area contributed by atoms with Gasteiger partial charge in [-0.3, -0.25) is 4.98 Å². The second kappa shape index (κ2) is 5.74. The van der Waals surface area contributed by atoms with Crippen molar-refractivity contribution in [1.29, 1.82) is 0 Å². The molecule has 74 valence electrons. The Morgan fingerprint density at radius 1 is 1.15 bits per heavy atom. The highest BCUT2D eigenvalue weighted by Gasteiger charge is 2.03. The lowest BCUT2D eigenvalue weighted by Crippen LogP contribution is -1.96. The van der Waals surface area contributed by atoms with E-state index in [0.29, 0.717) is 5.92 Å². The van der Waals surface area contributed by atoms with Gasteiger partial charge < -0.3 is 0 Å². The molecule has 0 aliphatic heterocycles. The van der Waals surface area contributed by atoms with Crippen LogP contribution in [0.4, 0.5) is 0 Å². The van der Waals surface area contributed by atoms with Crippen LogP contribution < -0.4 is 0 Å². The van der Waals surface area contributed by atoms with E-state index < -0.39 is 0 Å². The maximum absolute atomic E-state index is 4.38. The quantitative estimate of drug-likeness (QED) is 0.638. The average molecular weight is 179 g/mol. The van der Waals surface area contributed by atoms with Gasteiger partial charge in [-0.1, -0.05) is 33.8 Å². The number of pyridine rings is 1. The highest BCUT2D eigenvalue weighted by molar-refractivity contribution is 5.24. The van der Waals surface area contributed by atoms with E-state index in [4.69, 9.17) is 0 Å². The van der Waals surface area contributed by atoms with Crippen LogP contribution in [0.15, 0.2) is 12.3 Å². The fourth-order valence-corrected chi connectivity index (χ4v) is 1.33. The van der Waals surface area contributed by atoms with Gasteiger partial charge in [0.05, 0.1) is 0 Å². The van der Waals surface area contributed by atoms with Crippen LogP contribution in [0.1, 0.15) is 50.4 Å². The van der Waals surface area contributed by atoms with Gasteiger partial charge in [-0.05, 0) is 30.9 Å². The second-order valence-electron chi connectivity index (χ2n) is 3.37. The van der Waals surface area contributed by atoms with Crippen LogP contribution in [-0.4, -0.2) is 4.98 Å². The standard InChI is InChI=1S/C10H15N.C2H6/c1-7(2)10-9(4)5-8(3)6-11-10;1-2/h5-7H,1-4H3;1-2H3. The molecule has 1 nitrogen and oxygen atoms in total. The Balaban J connectivity index is 0.000000671. The Kier molecular flexibility index (Phi) is 5.36. The predicted octanol–water partition coefficient (Wildman–Crippen LogP) is 3.85. The summed E-state index contributed by atoms with van der Waals surface area (Å²) in [5.41, 5.74) is 3.77. The minimum Gasteiger partial charge on any atom is -0.260 e. The molecule has 0 radical (unpaired) electrons. The number of aryl methyl sites for hydroxylation is 2. The zero-order valence-electron chi connectivity index (χ0n) is 9.68. The van der Waals surface area contributed by atoms with Gasteiger partial charge in [-0.25, -0.2) is 0 Å². The molecule has 0 bridgehead atoms. The van der Waals surface area contributed by atoms with E-state index in [9.17, 15) is 0 Å². The summed E-state index contributed by atoms with van der Waals surface area (Å²) >= 11 is 0. The van der Waals surface area contributed by atoms with Gasteiger partial charge in [0.1, 0.15) is 0 Å². The summed E-state index contributed by atoms with van der Waals surface area (Å²) in [6.07, 6.45) is 1.93. The largest absolute Gasteiger partial charge is 0.260 e. The number of nitrogens with zero attached hydrogens (tertiary/aromatic N) is 1. The zero-order valence-corrected chi connectivity index (χ0v) is 9.68. The average Bonchev–Trinajstić information content (AvgIpc) is 2.07. The SMILES string of the molecule is CC.Cc1cnc(C(C)C)c(C)c1. The van der Waals surface area contributed by atoms with E-state index in [0.717, 1.165) is 0 Å². The summed E-state index contributed by atoms with van der Waals surface area (Å²) < 4.78 is 0. The van der Waals surface area contributed by atoms with E-state index in [1.807, 2.05) is 20.0 Å². The van der Waals surface area contributed by atoms with Crippen LogP contribution in [0.5, 0.6) is 0 Å². The van der Waals surface area contributed by atoms with Crippen molar-refractivity contribution >= 4 is 0 Å². The monoisotopic (exact) mass is 179 g/mol. The summed E-state index contributed by atoms with van der Waals surface area (Å²) in [5, 5.41) is 0. The van der Waals surface area contributed by atoms with Crippen molar-refractivity contribution < 1.29 is 0 Å². The molecule has 0 aliphatic carbocycles. The van der Waals surface area contributed by atoms with Gasteiger partial charge in [0.15, 0.2) is 0 Å². The molecule has 13 heavy (non-hydrogen) atoms. The van der Waals surface area contributed by atoms with Gasteiger partial charge in [-0.2, -0.15) is 0 Å². The van der Waals surface area contributed by atoms with E-state index >= 15 is 0 Å². The summed E-state index contributed by atoms with van der Waals surface area (Å²) in [5.74, 6) is 0.538. The van der Waals surface area contributed by atoms with Crippen molar-refractivity contribution in [2.45, 2.75) is 47.5 Å². The summed E-state index contributed by atoms with van der Waals surface area (Å²) in [6.45, 7) is 12.5. The number of rotatable bonds is 1. The van der Waals surface area contributed by atoms with Crippen LogP contribution in [0, 0.1) is 13.8 Å². The Labute approximate surface area is 82.2 Å². The van der Waals surface area contributed by atoms with Gasteiger partial charge in [0.2, 0.25) is 0 Å². The summed E-state index contributed by atoms with van der Waals surface area (Å²) in [4.78, 5) is 4.38. The first kappa shape index (κ1) is 12.2. The first-order chi connectivity index (χ1) is 6.11. The zero-order chi connectivity index (χ0) is 10.4. The molecular formula is C12H21N. The highest BCUT2D eigenvalue weighted by Crippen LogP contribution is 2.16. The minimum atomic E-state index is 0.538. The van der Waals surface area contributed by atoms with E-state index in [1.165, 1.54) is 16.8 Å². The third-order valence-electron chi connectivity index (χ3n) is 1.80. The molecule has 0 saturated carbocycles. The molecule has 1 aromatic heterocycles. The van der Waals surface area contributed by atoms with Gasteiger partial charge in [-0.15, -0.1) is 0 Å². The molecule has 1 aromatic rings. The van der Waals surface area contributed by atoms with E-state index in [1.54, 1.807) is 0 Å². The van der Waals surface area contributed by atoms with Crippen molar-refractivity contribution in [2.24, 2.45) is 0 Å².